The number of carbonyl (C=O) groups excluding carboxylic acids is 1. The number of nitrogens with zero attached hydrogens (tertiary/aromatic N) is 2. The maximum Gasteiger partial charge on any atom is 0.273 e. The second-order valence-electron chi connectivity index (χ2n) is 7.89. The smallest absolute Gasteiger partial charge is 0.273 e. The number of carbonyl (C=O) groups is 1. The minimum absolute atomic E-state index is 0.0829. The third kappa shape index (κ3) is 7.15. The molecule has 1 aliphatic heterocycles. The van der Waals surface area contributed by atoms with Gasteiger partial charge in [-0.05, 0) is 51.0 Å². The lowest BCUT2D eigenvalue weighted by atomic mass is 9.84. The Kier molecular flexibility index (Phi) is 8.62. The van der Waals surface area contributed by atoms with E-state index in [1.807, 2.05) is 0 Å². The van der Waals surface area contributed by atoms with Crippen molar-refractivity contribution in [2.24, 2.45) is 5.92 Å². The van der Waals surface area contributed by atoms with Crippen LogP contribution in [-0.2, 0) is 22.5 Å². The molecule has 1 saturated carbocycles. The van der Waals surface area contributed by atoms with Crippen LogP contribution >= 0.6 is 11.3 Å². The van der Waals surface area contributed by atoms with Crippen molar-refractivity contribution in [2.45, 2.75) is 64.0 Å². The maximum absolute atomic E-state index is 12.3. The summed E-state index contributed by atoms with van der Waals surface area (Å²) in [6.07, 6.45) is 4.41. The molecule has 29 heavy (non-hydrogen) atoms. The van der Waals surface area contributed by atoms with E-state index in [9.17, 15) is 13.6 Å². The number of halogens is 2. The van der Waals surface area contributed by atoms with Gasteiger partial charge in [0.05, 0.1) is 12.3 Å². The molecule has 164 valence electrons. The number of aromatic nitrogens is 1. The lowest BCUT2D eigenvalue weighted by molar-refractivity contribution is -0.122. The molecule has 0 spiro atoms. The molecule has 1 amide bonds. The summed E-state index contributed by atoms with van der Waals surface area (Å²) in [5.74, 6) is 0.781. The fourth-order valence-electron chi connectivity index (χ4n) is 4.07. The summed E-state index contributed by atoms with van der Waals surface area (Å²) in [4.78, 5) is 19.8. The predicted molar refractivity (Wildman–Crippen MR) is 108 cm³/mol. The van der Waals surface area contributed by atoms with Crippen molar-refractivity contribution >= 4 is 17.2 Å². The van der Waals surface area contributed by atoms with Crippen molar-refractivity contribution in [1.29, 1.82) is 0 Å². The number of thiazole rings is 1. The molecule has 1 aromatic rings. The Morgan fingerprint density at radius 2 is 2.14 bits per heavy atom. The van der Waals surface area contributed by atoms with E-state index in [-0.39, 0.29) is 5.91 Å². The van der Waals surface area contributed by atoms with Crippen molar-refractivity contribution < 1.29 is 23.0 Å². The fraction of sp³-hybridized carbons (Fsp3) is 0.800. The van der Waals surface area contributed by atoms with E-state index in [0.29, 0.717) is 30.2 Å². The molecule has 0 unspecified atom stereocenters. The number of nitrogens with one attached hydrogen (secondary N) is 1. The Morgan fingerprint density at radius 1 is 1.34 bits per heavy atom. The Bertz CT molecular complexity index is 651. The normalized spacial score (nSPS) is 22.5. The minimum Gasteiger partial charge on any atom is -0.464 e. The van der Waals surface area contributed by atoms with Gasteiger partial charge in [0.1, 0.15) is 0 Å². The van der Waals surface area contributed by atoms with Crippen LogP contribution in [0.2, 0.25) is 0 Å². The Labute approximate surface area is 175 Å². The topological polar surface area (TPSA) is 63.7 Å². The van der Waals surface area contributed by atoms with Gasteiger partial charge in [0.2, 0.25) is 5.91 Å². The highest BCUT2D eigenvalue weighted by Gasteiger charge is 2.25. The molecule has 0 atom stereocenters. The van der Waals surface area contributed by atoms with Crippen molar-refractivity contribution in [3.8, 4) is 5.19 Å². The standard InChI is InChI=1S/C20H31F2N3O3S/c1-27-11-8-19(26)23-15-4-2-14(3-5-15)6-9-25-10-7-17-16(12-25)24-20(29-17)28-13-18(21)22/h14-15,18H,2-13H2,1H3,(H,23,26)/t14-,15-. The molecule has 0 saturated heterocycles. The van der Waals surface area contributed by atoms with Gasteiger partial charge < -0.3 is 14.8 Å². The lowest BCUT2D eigenvalue weighted by Crippen LogP contribution is -2.38. The zero-order valence-electron chi connectivity index (χ0n) is 17.0. The van der Waals surface area contributed by atoms with E-state index in [0.717, 1.165) is 68.7 Å². The van der Waals surface area contributed by atoms with Gasteiger partial charge in [0, 0.05) is 37.5 Å². The first-order chi connectivity index (χ1) is 14.0. The van der Waals surface area contributed by atoms with E-state index in [1.165, 1.54) is 11.3 Å². The third-order valence-electron chi connectivity index (χ3n) is 5.72. The highest BCUT2D eigenvalue weighted by atomic mass is 32.1. The van der Waals surface area contributed by atoms with Crippen molar-refractivity contribution in [3.63, 3.8) is 0 Å². The number of rotatable bonds is 10. The van der Waals surface area contributed by atoms with Crippen LogP contribution in [0.4, 0.5) is 8.78 Å². The summed E-state index contributed by atoms with van der Waals surface area (Å²) in [5.41, 5.74) is 0.980. The lowest BCUT2D eigenvalue weighted by Gasteiger charge is -2.32. The zero-order valence-corrected chi connectivity index (χ0v) is 17.8. The maximum atomic E-state index is 12.3. The number of amides is 1. The monoisotopic (exact) mass is 431 g/mol. The first kappa shape index (κ1) is 22.4. The quantitative estimate of drug-likeness (QED) is 0.616. The molecule has 2 heterocycles. The highest BCUT2D eigenvalue weighted by Crippen LogP contribution is 2.31. The van der Waals surface area contributed by atoms with Gasteiger partial charge in [0.15, 0.2) is 6.61 Å². The molecule has 1 aliphatic carbocycles. The van der Waals surface area contributed by atoms with Gasteiger partial charge in [-0.15, -0.1) is 0 Å². The molecule has 3 rings (SSSR count). The molecule has 0 radical (unpaired) electrons. The molecule has 0 bridgehead atoms. The second kappa shape index (κ2) is 11.2. The van der Waals surface area contributed by atoms with Crippen LogP contribution in [0.15, 0.2) is 0 Å². The number of hydrogen-bond donors (Lipinski definition) is 1. The molecular formula is C20H31F2N3O3S. The van der Waals surface area contributed by atoms with Crippen LogP contribution in [0, 0.1) is 5.92 Å². The molecule has 1 N–H and O–H groups in total. The SMILES string of the molecule is COCCC(=O)N[C@H]1CC[C@H](CCN2CCc3sc(OCC(F)F)nc3C2)CC1. The van der Waals surface area contributed by atoms with Gasteiger partial charge in [-0.1, -0.05) is 11.3 Å². The Balaban J connectivity index is 1.35. The average Bonchev–Trinajstić information content (AvgIpc) is 3.12. The molecular weight excluding hydrogens is 400 g/mol. The minimum atomic E-state index is -2.47. The van der Waals surface area contributed by atoms with E-state index in [1.54, 1.807) is 7.11 Å². The Hall–Kier alpha value is -1.32. The van der Waals surface area contributed by atoms with E-state index in [2.05, 4.69) is 15.2 Å². The number of fused-ring (bicyclic) bond motifs is 1. The molecule has 9 heteroatoms. The van der Waals surface area contributed by atoms with Crippen molar-refractivity contribution in [3.05, 3.63) is 10.6 Å². The number of methoxy groups -OCH3 is 1. The third-order valence-corrected chi connectivity index (χ3v) is 6.79. The number of hydrogen-bond acceptors (Lipinski definition) is 6. The van der Waals surface area contributed by atoms with Crippen LogP contribution in [-0.4, -0.2) is 61.7 Å². The number of ether oxygens (including phenoxy) is 2. The van der Waals surface area contributed by atoms with Crippen molar-refractivity contribution in [1.82, 2.24) is 15.2 Å². The highest BCUT2D eigenvalue weighted by molar-refractivity contribution is 7.13. The van der Waals surface area contributed by atoms with Gasteiger partial charge in [-0.2, -0.15) is 0 Å². The van der Waals surface area contributed by atoms with Crippen molar-refractivity contribution in [2.75, 3.05) is 33.4 Å². The van der Waals surface area contributed by atoms with E-state index >= 15 is 0 Å². The molecule has 1 fully saturated rings. The largest absolute Gasteiger partial charge is 0.464 e. The van der Waals surface area contributed by atoms with Gasteiger partial charge in [0.25, 0.3) is 11.6 Å². The molecule has 1 aromatic heterocycles. The summed E-state index contributed by atoms with van der Waals surface area (Å²) >= 11 is 1.40. The van der Waals surface area contributed by atoms with Gasteiger partial charge in [-0.3, -0.25) is 9.69 Å². The van der Waals surface area contributed by atoms with Gasteiger partial charge in [-0.25, -0.2) is 13.8 Å². The zero-order chi connectivity index (χ0) is 20.6. The summed E-state index contributed by atoms with van der Waals surface area (Å²) in [5, 5.41) is 3.48. The predicted octanol–water partition coefficient (Wildman–Crippen LogP) is 3.25. The molecule has 2 aliphatic rings. The summed E-state index contributed by atoms with van der Waals surface area (Å²) < 4.78 is 34.6. The average molecular weight is 432 g/mol. The van der Waals surface area contributed by atoms with E-state index in [4.69, 9.17) is 9.47 Å². The first-order valence-corrected chi connectivity index (χ1v) is 11.2. The van der Waals surface area contributed by atoms with Crippen LogP contribution in [0.3, 0.4) is 0 Å². The summed E-state index contributed by atoms with van der Waals surface area (Å²) in [6.45, 7) is 2.66. The Morgan fingerprint density at radius 3 is 2.86 bits per heavy atom. The molecule has 6 nitrogen and oxygen atoms in total. The second-order valence-corrected chi connectivity index (χ2v) is 8.94. The fourth-order valence-corrected chi connectivity index (χ4v) is 4.99. The summed E-state index contributed by atoms with van der Waals surface area (Å²) in [6, 6.07) is 0.301. The van der Waals surface area contributed by atoms with Crippen LogP contribution in [0.5, 0.6) is 5.19 Å². The number of alkyl halides is 2. The van der Waals surface area contributed by atoms with Crippen LogP contribution < -0.4 is 10.1 Å². The van der Waals surface area contributed by atoms with E-state index < -0.39 is 13.0 Å². The first-order valence-electron chi connectivity index (χ1n) is 10.4. The molecule has 0 aromatic carbocycles. The van der Waals surface area contributed by atoms with Crippen LogP contribution in [0.25, 0.3) is 0 Å². The summed E-state index contributed by atoms with van der Waals surface area (Å²) in [7, 11) is 1.61. The van der Waals surface area contributed by atoms with Gasteiger partial charge >= 0.3 is 0 Å². The van der Waals surface area contributed by atoms with Crippen LogP contribution in [0.1, 0.15) is 49.1 Å².